The van der Waals surface area contributed by atoms with E-state index in [1.165, 1.54) is 0 Å². The van der Waals surface area contributed by atoms with Crippen LogP contribution < -0.4 is 0 Å². The van der Waals surface area contributed by atoms with Crippen LogP contribution in [0.4, 0.5) is 0 Å². The third kappa shape index (κ3) is 3.87. The molecule has 1 aromatic heterocycles. The normalized spacial score (nSPS) is 12.0. The lowest BCUT2D eigenvalue weighted by Gasteiger charge is -2.19. The van der Waals surface area contributed by atoms with E-state index in [9.17, 15) is 0 Å². The highest BCUT2D eigenvalue weighted by Crippen LogP contribution is 2.29. The zero-order valence-electron chi connectivity index (χ0n) is 8.07. The molecule has 0 fully saturated rings. The van der Waals surface area contributed by atoms with E-state index in [0.717, 1.165) is 20.9 Å². The average Bonchev–Trinajstić information content (AvgIpc) is 2.48. The highest BCUT2D eigenvalue weighted by molar-refractivity contribution is 8.01. The Labute approximate surface area is 92.9 Å². The number of aromatic nitrogens is 2. The largest absolute Gasteiger partial charge is 0.179 e. The molecular weight excluding hydrogens is 220 g/mol. The van der Waals surface area contributed by atoms with Crippen LogP contribution >= 0.6 is 35.7 Å². The number of hydrogen-bond donors (Lipinski definition) is 1. The first-order valence-electron chi connectivity index (χ1n) is 4.07. The van der Waals surface area contributed by atoms with Crippen molar-refractivity contribution in [3.8, 4) is 0 Å². The van der Waals surface area contributed by atoms with Crippen LogP contribution in [-0.2, 0) is 0 Å². The average molecular weight is 234 g/mol. The van der Waals surface area contributed by atoms with Crippen molar-refractivity contribution >= 4 is 35.7 Å². The van der Waals surface area contributed by atoms with Crippen LogP contribution in [0, 0.1) is 12.3 Å². The van der Waals surface area contributed by atoms with Gasteiger partial charge in [-0.05, 0) is 18.1 Å². The Balaban J connectivity index is 2.43. The van der Waals surface area contributed by atoms with Gasteiger partial charge in [0.2, 0.25) is 0 Å². The number of aryl methyl sites for hydroxylation is 1. The van der Waals surface area contributed by atoms with Crippen molar-refractivity contribution in [2.75, 3.05) is 11.5 Å². The molecular formula is C8H14N2S3. The summed E-state index contributed by atoms with van der Waals surface area (Å²) in [6.07, 6.45) is 0. The number of hydrogen-bond acceptors (Lipinski definition) is 5. The maximum atomic E-state index is 4.31. The molecule has 1 aromatic rings. The van der Waals surface area contributed by atoms with Gasteiger partial charge in [-0.15, -0.1) is 10.2 Å². The first-order valence-corrected chi connectivity index (χ1v) is 6.51. The predicted molar refractivity (Wildman–Crippen MR) is 63.0 cm³/mol. The number of nitrogens with zero attached hydrogens (tertiary/aromatic N) is 2. The molecule has 0 spiro atoms. The summed E-state index contributed by atoms with van der Waals surface area (Å²) in [7, 11) is 0. The minimum absolute atomic E-state index is 0.271. The summed E-state index contributed by atoms with van der Waals surface area (Å²) in [6.45, 7) is 6.40. The van der Waals surface area contributed by atoms with Gasteiger partial charge < -0.3 is 0 Å². The fraction of sp³-hybridized carbons (Fsp3) is 0.750. The van der Waals surface area contributed by atoms with E-state index in [2.05, 4.69) is 36.7 Å². The van der Waals surface area contributed by atoms with E-state index in [1.54, 1.807) is 23.1 Å². The van der Waals surface area contributed by atoms with Gasteiger partial charge in [0.25, 0.3) is 0 Å². The minimum atomic E-state index is 0.271. The Kier molecular flexibility index (Phi) is 4.06. The number of rotatable bonds is 4. The molecule has 0 bridgehead atoms. The SMILES string of the molecule is Cc1nnc(SCC(C)(C)CS)s1. The highest BCUT2D eigenvalue weighted by atomic mass is 32.2. The smallest absolute Gasteiger partial charge is 0.174 e. The minimum Gasteiger partial charge on any atom is -0.179 e. The topological polar surface area (TPSA) is 25.8 Å². The highest BCUT2D eigenvalue weighted by Gasteiger charge is 2.16. The van der Waals surface area contributed by atoms with Gasteiger partial charge in [0, 0.05) is 5.75 Å². The standard InChI is InChI=1S/C8H14N2S3/c1-6-9-10-7(13-6)12-5-8(2,3)4-11/h11H,4-5H2,1-3H3. The molecule has 0 aliphatic heterocycles. The van der Waals surface area contributed by atoms with E-state index < -0.39 is 0 Å². The molecule has 74 valence electrons. The van der Waals surface area contributed by atoms with E-state index in [1.807, 2.05) is 6.92 Å². The van der Waals surface area contributed by atoms with Gasteiger partial charge in [0.15, 0.2) is 4.34 Å². The van der Waals surface area contributed by atoms with Crippen molar-refractivity contribution in [3.05, 3.63) is 5.01 Å². The van der Waals surface area contributed by atoms with Crippen LogP contribution in [0.15, 0.2) is 4.34 Å². The van der Waals surface area contributed by atoms with Gasteiger partial charge in [0.1, 0.15) is 5.01 Å². The molecule has 0 aliphatic carbocycles. The Morgan fingerprint density at radius 2 is 2.15 bits per heavy atom. The molecule has 0 unspecified atom stereocenters. The lowest BCUT2D eigenvalue weighted by molar-refractivity contribution is 0.493. The second-order valence-corrected chi connectivity index (χ2v) is 6.42. The van der Waals surface area contributed by atoms with Crippen molar-refractivity contribution in [1.82, 2.24) is 10.2 Å². The summed E-state index contributed by atoms with van der Waals surface area (Å²) in [6, 6.07) is 0. The van der Waals surface area contributed by atoms with Crippen molar-refractivity contribution in [1.29, 1.82) is 0 Å². The van der Waals surface area contributed by atoms with Crippen molar-refractivity contribution in [2.45, 2.75) is 25.1 Å². The molecule has 0 N–H and O–H groups in total. The third-order valence-corrected chi connectivity index (χ3v) is 4.87. The molecule has 5 heteroatoms. The Morgan fingerprint density at radius 3 is 2.62 bits per heavy atom. The quantitative estimate of drug-likeness (QED) is 0.641. The lowest BCUT2D eigenvalue weighted by Crippen LogP contribution is -2.16. The molecule has 0 aromatic carbocycles. The van der Waals surface area contributed by atoms with Gasteiger partial charge >= 0.3 is 0 Å². The number of thiol groups is 1. The van der Waals surface area contributed by atoms with E-state index in [0.29, 0.717) is 0 Å². The van der Waals surface area contributed by atoms with Crippen molar-refractivity contribution < 1.29 is 0 Å². The van der Waals surface area contributed by atoms with Crippen LogP contribution in [-0.4, -0.2) is 21.7 Å². The Hall–Kier alpha value is 0.260. The monoisotopic (exact) mass is 234 g/mol. The molecule has 1 heterocycles. The fourth-order valence-corrected chi connectivity index (χ4v) is 2.81. The first kappa shape index (κ1) is 11.3. The van der Waals surface area contributed by atoms with Gasteiger partial charge in [-0.2, -0.15) is 12.6 Å². The second-order valence-electron chi connectivity index (χ2n) is 3.70. The van der Waals surface area contributed by atoms with Crippen molar-refractivity contribution in [3.63, 3.8) is 0 Å². The molecule has 2 nitrogen and oxygen atoms in total. The van der Waals surface area contributed by atoms with Crippen LogP contribution in [0.5, 0.6) is 0 Å². The lowest BCUT2D eigenvalue weighted by atomic mass is 10.0. The Morgan fingerprint density at radius 1 is 1.46 bits per heavy atom. The van der Waals surface area contributed by atoms with E-state index >= 15 is 0 Å². The number of thioether (sulfide) groups is 1. The zero-order chi connectivity index (χ0) is 9.90. The molecule has 0 amide bonds. The van der Waals surface area contributed by atoms with E-state index in [-0.39, 0.29) is 5.41 Å². The fourth-order valence-electron chi connectivity index (χ4n) is 0.639. The van der Waals surface area contributed by atoms with Crippen LogP contribution in [0.1, 0.15) is 18.9 Å². The van der Waals surface area contributed by atoms with Gasteiger partial charge in [-0.3, -0.25) is 0 Å². The molecule has 0 radical (unpaired) electrons. The molecule has 1 rings (SSSR count). The van der Waals surface area contributed by atoms with Crippen LogP contribution in [0.25, 0.3) is 0 Å². The molecule has 0 saturated carbocycles. The molecule has 0 atom stereocenters. The van der Waals surface area contributed by atoms with Gasteiger partial charge in [-0.1, -0.05) is 36.9 Å². The zero-order valence-corrected chi connectivity index (χ0v) is 10.6. The summed E-state index contributed by atoms with van der Waals surface area (Å²) in [4.78, 5) is 0. The second kappa shape index (κ2) is 4.66. The summed E-state index contributed by atoms with van der Waals surface area (Å²) in [5.41, 5.74) is 0.271. The first-order chi connectivity index (χ1) is 6.03. The van der Waals surface area contributed by atoms with Crippen LogP contribution in [0.3, 0.4) is 0 Å². The van der Waals surface area contributed by atoms with Gasteiger partial charge in [0.05, 0.1) is 0 Å². The summed E-state index contributed by atoms with van der Waals surface area (Å²) in [5, 5.41) is 9.06. The molecule has 0 saturated heterocycles. The Bertz CT molecular complexity index is 270. The third-order valence-electron chi connectivity index (χ3n) is 1.52. The van der Waals surface area contributed by atoms with E-state index in [4.69, 9.17) is 0 Å². The summed E-state index contributed by atoms with van der Waals surface area (Å²) >= 11 is 7.73. The molecule has 13 heavy (non-hydrogen) atoms. The molecule has 0 aliphatic rings. The summed E-state index contributed by atoms with van der Waals surface area (Å²) in [5.74, 6) is 1.95. The maximum absolute atomic E-state index is 4.31. The maximum Gasteiger partial charge on any atom is 0.174 e. The predicted octanol–water partition coefficient (Wildman–Crippen LogP) is 2.89. The van der Waals surface area contributed by atoms with Crippen molar-refractivity contribution in [2.24, 2.45) is 5.41 Å². The summed E-state index contributed by atoms with van der Waals surface area (Å²) < 4.78 is 1.06. The van der Waals surface area contributed by atoms with Gasteiger partial charge in [-0.25, -0.2) is 0 Å². The van der Waals surface area contributed by atoms with Crippen LogP contribution in [0.2, 0.25) is 0 Å².